The third-order valence-electron chi connectivity index (χ3n) is 4.61. The van der Waals surface area contributed by atoms with Crippen molar-refractivity contribution in [1.82, 2.24) is 15.1 Å². The molecule has 0 saturated heterocycles. The molecule has 3 aromatic rings. The van der Waals surface area contributed by atoms with E-state index < -0.39 is 0 Å². The fourth-order valence-electron chi connectivity index (χ4n) is 3.34. The Balaban J connectivity index is 1.59. The van der Waals surface area contributed by atoms with Crippen molar-refractivity contribution in [3.63, 3.8) is 0 Å². The van der Waals surface area contributed by atoms with Gasteiger partial charge in [0.1, 0.15) is 0 Å². The Morgan fingerprint density at radius 1 is 1.32 bits per heavy atom. The Morgan fingerprint density at radius 3 is 3.12 bits per heavy atom. The Bertz CT molecular complexity index is 891. The summed E-state index contributed by atoms with van der Waals surface area (Å²) in [6.07, 6.45) is 5.42. The molecule has 2 aromatic heterocycles. The molecule has 1 atom stereocenters. The summed E-state index contributed by atoms with van der Waals surface area (Å²) in [6.45, 7) is 0. The molecule has 0 fully saturated rings. The van der Waals surface area contributed by atoms with Crippen LogP contribution in [0.3, 0.4) is 0 Å². The van der Waals surface area contributed by atoms with E-state index >= 15 is 0 Å². The summed E-state index contributed by atoms with van der Waals surface area (Å²) in [5, 5.41) is 4.10. The highest BCUT2D eigenvalue weighted by molar-refractivity contribution is 5.56. The Morgan fingerprint density at radius 2 is 2.24 bits per heavy atom. The van der Waals surface area contributed by atoms with Gasteiger partial charge in [0.2, 0.25) is 5.88 Å². The molecule has 1 aliphatic carbocycles. The minimum atomic E-state index is 0.133. The Kier molecular flexibility index (Phi) is 4.19. The maximum Gasteiger partial charge on any atom is 0.257 e. The SMILES string of the molecule is COc1ncccc1Cc1noc(-c2ccc3c(c2)CCCC3N)n1. The van der Waals surface area contributed by atoms with E-state index in [1.54, 1.807) is 13.3 Å². The van der Waals surface area contributed by atoms with Crippen LogP contribution in [0.25, 0.3) is 11.5 Å². The summed E-state index contributed by atoms with van der Waals surface area (Å²) in [7, 11) is 1.60. The third kappa shape index (κ3) is 3.13. The number of aryl methyl sites for hydroxylation is 1. The highest BCUT2D eigenvalue weighted by atomic mass is 16.5. The van der Waals surface area contributed by atoms with E-state index in [1.165, 1.54) is 11.1 Å². The second kappa shape index (κ2) is 6.64. The van der Waals surface area contributed by atoms with Gasteiger partial charge < -0.3 is 15.0 Å². The number of aromatic nitrogens is 3. The molecule has 1 aromatic carbocycles. The molecule has 0 amide bonds. The van der Waals surface area contributed by atoms with E-state index in [0.29, 0.717) is 24.0 Å². The topological polar surface area (TPSA) is 87.1 Å². The Hall–Kier alpha value is -2.73. The molecule has 0 aliphatic heterocycles. The first kappa shape index (κ1) is 15.8. The van der Waals surface area contributed by atoms with Crippen LogP contribution in [0, 0.1) is 0 Å². The minimum Gasteiger partial charge on any atom is -0.481 e. The van der Waals surface area contributed by atoms with E-state index in [0.717, 1.165) is 30.4 Å². The molecule has 2 heterocycles. The fourth-order valence-corrected chi connectivity index (χ4v) is 3.34. The van der Waals surface area contributed by atoms with Crippen molar-refractivity contribution >= 4 is 0 Å². The first-order valence-electron chi connectivity index (χ1n) is 8.44. The van der Waals surface area contributed by atoms with Crippen molar-refractivity contribution in [2.45, 2.75) is 31.7 Å². The van der Waals surface area contributed by atoms with Gasteiger partial charge in [-0.15, -0.1) is 0 Å². The molecule has 4 rings (SSSR count). The molecule has 0 bridgehead atoms. The van der Waals surface area contributed by atoms with Gasteiger partial charge in [-0.25, -0.2) is 4.98 Å². The smallest absolute Gasteiger partial charge is 0.257 e. The zero-order chi connectivity index (χ0) is 17.2. The van der Waals surface area contributed by atoms with Crippen molar-refractivity contribution in [3.8, 4) is 17.3 Å². The molecule has 2 N–H and O–H groups in total. The van der Waals surface area contributed by atoms with Crippen LogP contribution in [-0.4, -0.2) is 22.2 Å². The van der Waals surface area contributed by atoms with Crippen LogP contribution in [0.4, 0.5) is 0 Å². The van der Waals surface area contributed by atoms with E-state index in [1.807, 2.05) is 18.2 Å². The van der Waals surface area contributed by atoms with Crippen molar-refractivity contribution in [2.75, 3.05) is 7.11 Å². The number of hydrogen-bond donors (Lipinski definition) is 1. The van der Waals surface area contributed by atoms with Gasteiger partial charge in [-0.05, 0) is 48.6 Å². The molecule has 25 heavy (non-hydrogen) atoms. The molecule has 6 heteroatoms. The van der Waals surface area contributed by atoms with E-state index in [-0.39, 0.29) is 6.04 Å². The number of ether oxygens (including phenoxy) is 1. The normalized spacial score (nSPS) is 16.5. The fraction of sp³-hybridized carbons (Fsp3) is 0.316. The zero-order valence-corrected chi connectivity index (χ0v) is 14.1. The van der Waals surface area contributed by atoms with Crippen LogP contribution in [-0.2, 0) is 12.8 Å². The summed E-state index contributed by atoms with van der Waals surface area (Å²) >= 11 is 0. The van der Waals surface area contributed by atoms with Crippen LogP contribution < -0.4 is 10.5 Å². The predicted octanol–water partition coefficient (Wildman–Crippen LogP) is 3.07. The average molecular weight is 336 g/mol. The van der Waals surface area contributed by atoms with E-state index in [4.69, 9.17) is 15.0 Å². The minimum absolute atomic E-state index is 0.133. The summed E-state index contributed by atoms with van der Waals surface area (Å²) in [6, 6.07) is 10.2. The van der Waals surface area contributed by atoms with Gasteiger partial charge >= 0.3 is 0 Å². The highest BCUT2D eigenvalue weighted by Gasteiger charge is 2.19. The Labute approximate surface area is 146 Å². The summed E-state index contributed by atoms with van der Waals surface area (Å²) in [4.78, 5) is 8.72. The molecule has 1 unspecified atom stereocenters. The lowest BCUT2D eigenvalue weighted by Crippen LogP contribution is -2.17. The van der Waals surface area contributed by atoms with Gasteiger partial charge in [-0.3, -0.25) is 0 Å². The number of fused-ring (bicyclic) bond motifs is 1. The molecule has 6 nitrogen and oxygen atoms in total. The van der Waals surface area contributed by atoms with Crippen LogP contribution in [0.2, 0.25) is 0 Å². The zero-order valence-electron chi connectivity index (χ0n) is 14.1. The van der Waals surface area contributed by atoms with Gasteiger partial charge in [0.25, 0.3) is 5.89 Å². The van der Waals surface area contributed by atoms with Crippen molar-refractivity contribution in [1.29, 1.82) is 0 Å². The van der Waals surface area contributed by atoms with Gasteiger partial charge in [0.05, 0.1) is 7.11 Å². The lowest BCUT2D eigenvalue weighted by atomic mass is 9.87. The van der Waals surface area contributed by atoms with Crippen LogP contribution in [0.1, 0.15) is 41.4 Å². The molecule has 128 valence electrons. The number of methoxy groups -OCH3 is 1. The summed E-state index contributed by atoms with van der Waals surface area (Å²) in [5.74, 6) is 1.71. The number of hydrogen-bond acceptors (Lipinski definition) is 6. The second-order valence-electron chi connectivity index (χ2n) is 6.28. The van der Waals surface area contributed by atoms with Crippen molar-refractivity contribution in [3.05, 3.63) is 59.0 Å². The molecule has 0 saturated carbocycles. The molecular formula is C19H20N4O2. The maximum absolute atomic E-state index is 6.18. The van der Waals surface area contributed by atoms with Gasteiger partial charge in [-0.2, -0.15) is 4.98 Å². The largest absolute Gasteiger partial charge is 0.481 e. The van der Waals surface area contributed by atoms with Crippen LogP contribution >= 0.6 is 0 Å². The van der Waals surface area contributed by atoms with E-state index in [9.17, 15) is 0 Å². The molecule has 1 aliphatic rings. The van der Waals surface area contributed by atoms with E-state index in [2.05, 4.69) is 27.3 Å². The monoisotopic (exact) mass is 336 g/mol. The summed E-state index contributed by atoms with van der Waals surface area (Å²) < 4.78 is 10.7. The molecular weight excluding hydrogens is 316 g/mol. The average Bonchev–Trinajstić information content (AvgIpc) is 3.11. The first-order valence-corrected chi connectivity index (χ1v) is 8.44. The third-order valence-corrected chi connectivity index (χ3v) is 4.61. The van der Waals surface area contributed by atoms with Crippen molar-refractivity contribution < 1.29 is 9.26 Å². The van der Waals surface area contributed by atoms with Gasteiger partial charge in [-0.1, -0.05) is 17.3 Å². The number of nitrogens with zero attached hydrogens (tertiary/aromatic N) is 3. The van der Waals surface area contributed by atoms with Crippen molar-refractivity contribution in [2.24, 2.45) is 5.73 Å². The standard InChI is InChI=1S/C19H20N4O2/c1-24-18-13(5-3-9-21-18)11-17-22-19(25-23-17)14-7-8-15-12(10-14)4-2-6-16(15)20/h3,5,7-10,16H,2,4,6,11,20H2,1H3. The highest BCUT2D eigenvalue weighted by Crippen LogP contribution is 2.31. The summed E-state index contributed by atoms with van der Waals surface area (Å²) in [5.41, 5.74) is 10.6. The van der Waals surface area contributed by atoms with Crippen LogP contribution in [0.15, 0.2) is 41.1 Å². The quantitative estimate of drug-likeness (QED) is 0.788. The molecule has 0 radical (unpaired) electrons. The number of nitrogens with two attached hydrogens (primary N) is 1. The first-order chi connectivity index (χ1) is 12.2. The number of rotatable bonds is 4. The maximum atomic E-state index is 6.18. The predicted molar refractivity (Wildman–Crippen MR) is 93.2 cm³/mol. The molecule has 0 spiro atoms. The van der Waals surface area contributed by atoms with Gasteiger partial charge in [0.15, 0.2) is 5.82 Å². The second-order valence-corrected chi connectivity index (χ2v) is 6.28. The number of pyridine rings is 1. The lowest BCUT2D eigenvalue weighted by Gasteiger charge is -2.22. The lowest BCUT2D eigenvalue weighted by molar-refractivity contribution is 0.392. The van der Waals surface area contributed by atoms with Gasteiger partial charge in [0, 0.05) is 29.8 Å². The van der Waals surface area contributed by atoms with Crippen LogP contribution in [0.5, 0.6) is 5.88 Å². The number of benzene rings is 1.